The largest absolute Gasteiger partial charge is 0.309 e. The van der Waals surface area contributed by atoms with E-state index in [1.165, 1.54) is 37.8 Å². The molecule has 2 rings (SSSR count). The van der Waals surface area contributed by atoms with Crippen molar-refractivity contribution in [1.29, 1.82) is 0 Å². The molecule has 1 heteroatoms. The molecule has 0 spiro atoms. The van der Waals surface area contributed by atoms with Crippen LogP contribution in [0.15, 0.2) is 30.3 Å². The number of rotatable bonds is 6. The SMILES string of the molecule is CCC(NCC1(CC)CC1)c1ccccc1. The van der Waals surface area contributed by atoms with Crippen molar-refractivity contribution in [3.63, 3.8) is 0 Å². The first-order valence-electron chi connectivity index (χ1n) is 6.58. The van der Waals surface area contributed by atoms with E-state index >= 15 is 0 Å². The molecule has 0 amide bonds. The van der Waals surface area contributed by atoms with Gasteiger partial charge in [-0.1, -0.05) is 44.2 Å². The van der Waals surface area contributed by atoms with Gasteiger partial charge in [0, 0.05) is 12.6 Å². The summed E-state index contributed by atoms with van der Waals surface area (Å²) >= 11 is 0. The highest BCUT2D eigenvalue weighted by atomic mass is 14.9. The maximum Gasteiger partial charge on any atom is 0.0317 e. The molecule has 0 bridgehead atoms. The van der Waals surface area contributed by atoms with Crippen LogP contribution in [-0.2, 0) is 0 Å². The van der Waals surface area contributed by atoms with Gasteiger partial charge in [-0.05, 0) is 36.7 Å². The molecule has 1 atom stereocenters. The van der Waals surface area contributed by atoms with Gasteiger partial charge in [0.2, 0.25) is 0 Å². The van der Waals surface area contributed by atoms with Crippen LogP contribution in [0.25, 0.3) is 0 Å². The van der Waals surface area contributed by atoms with E-state index in [1.54, 1.807) is 0 Å². The Balaban J connectivity index is 1.91. The molecular weight excluding hydrogens is 194 g/mol. The van der Waals surface area contributed by atoms with Crippen molar-refractivity contribution in [2.45, 2.75) is 45.6 Å². The van der Waals surface area contributed by atoms with Gasteiger partial charge in [0.05, 0.1) is 0 Å². The maximum atomic E-state index is 3.74. The third kappa shape index (κ3) is 2.65. The summed E-state index contributed by atoms with van der Waals surface area (Å²) in [5.41, 5.74) is 2.07. The monoisotopic (exact) mass is 217 g/mol. The molecule has 0 heterocycles. The first kappa shape index (κ1) is 11.7. The zero-order valence-electron chi connectivity index (χ0n) is 10.5. The highest BCUT2D eigenvalue weighted by molar-refractivity contribution is 5.18. The van der Waals surface area contributed by atoms with Crippen molar-refractivity contribution in [3.05, 3.63) is 35.9 Å². The van der Waals surface area contributed by atoms with Crippen molar-refractivity contribution in [3.8, 4) is 0 Å². The lowest BCUT2D eigenvalue weighted by Gasteiger charge is -2.21. The molecule has 1 N–H and O–H groups in total. The van der Waals surface area contributed by atoms with E-state index in [9.17, 15) is 0 Å². The molecule has 0 radical (unpaired) electrons. The van der Waals surface area contributed by atoms with Crippen LogP contribution in [-0.4, -0.2) is 6.54 Å². The minimum absolute atomic E-state index is 0.533. The van der Waals surface area contributed by atoms with Crippen molar-refractivity contribution in [2.75, 3.05) is 6.54 Å². The van der Waals surface area contributed by atoms with Crippen LogP contribution in [0.4, 0.5) is 0 Å². The van der Waals surface area contributed by atoms with Crippen molar-refractivity contribution >= 4 is 0 Å². The number of hydrogen-bond acceptors (Lipinski definition) is 1. The van der Waals surface area contributed by atoms with Gasteiger partial charge in [-0.3, -0.25) is 0 Å². The highest BCUT2D eigenvalue weighted by Crippen LogP contribution is 2.48. The molecule has 1 fully saturated rings. The Bertz CT molecular complexity index is 313. The lowest BCUT2D eigenvalue weighted by Crippen LogP contribution is -2.27. The predicted molar refractivity (Wildman–Crippen MR) is 69.4 cm³/mol. The van der Waals surface area contributed by atoms with Gasteiger partial charge < -0.3 is 5.32 Å². The zero-order chi connectivity index (χ0) is 11.4. The third-order valence-electron chi connectivity index (χ3n) is 4.04. The van der Waals surface area contributed by atoms with E-state index in [0.717, 1.165) is 0 Å². The molecule has 1 aliphatic rings. The third-order valence-corrected chi connectivity index (χ3v) is 4.04. The standard InChI is InChI=1S/C15H23N/c1-3-14(13-8-6-5-7-9-13)16-12-15(4-2)10-11-15/h5-9,14,16H,3-4,10-12H2,1-2H3. The van der Waals surface area contributed by atoms with Gasteiger partial charge in [-0.2, -0.15) is 0 Å². The van der Waals surface area contributed by atoms with E-state index in [-0.39, 0.29) is 0 Å². The van der Waals surface area contributed by atoms with E-state index < -0.39 is 0 Å². The molecule has 0 aromatic heterocycles. The average Bonchev–Trinajstić information content (AvgIpc) is 3.12. The normalized spacial score (nSPS) is 19.4. The van der Waals surface area contributed by atoms with Gasteiger partial charge in [0.25, 0.3) is 0 Å². The Morgan fingerprint density at radius 1 is 1.19 bits per heavy atom. The predicted octanol–water partition coefficient (Wildman–Crippen LogP) is 3.92. The van der Waals surface area contributed by atoms with Crippen LogP contribution >= 0.6 is 0 Å². The minimum Gasteiger partial charge on any atom is -0.309 e. The van der Waals surface area contributed by atoms with Crippen LogP contribution in [0.5, 0.6) is 0 Å². The van der Waals surface area contributed by atoms with Gasteiger partial charge in [0.15, 0.2) is 0 Å². The van der Waals surface area contributed by atoms with Gasteiger partial charge >= 0.3 is 0 Å². The average molecular weight is 217 g/mol. The number of nitrogens with one attached hydrogen (secondary N) is 1. The highest BCUT2D eigenvalue weighted by Gasteiger charge is 2.40. The van der Waals surface area contributed by atoms with Gasteiger partial charge in [0.1, 0.15) is 0 Å². The summed E-state index contributed by atoms with van der Waals surface area (Å²) in [5, 5.41) is 3.74. The molecule has 1 aromatic carbocycles. The minimum atomic E-state index is 0.533. The summed E-state index contributed by atoms with van der Waals surface area (Å²) in [7, 11) is 0. The quantitative estimate of drug-likeness (QED) is 0.761. The van der Waals surface area contributed by atoms with E-state index in [1.807, 2.05) is 0 Å². The van der Waals surface area contributed by atoms with Crippen LogP contribution < -0.4 is 5.32 Å². The molecule has 1 saturated carbocycles. The van der Waals surface area contributed by atoms with Crippen LogP contribution in [0.1, 0.15) is 51.1 Å². The molecular formula is C15H23N. The summed E-state index contributed by atoms with van der Waals surface area (Å²) in [5.74, 6) is 0. The Morgan fingerprint density at radius 3 is 2.38 bits per heavy atom. The molecule has 1 aliphatic carbocycles. The second-order valence-corrected chi connectivity index (χ2v) is 5.11. The van der Waals surface area contributed by atoms with Crippen LogP contribution in [0.3, 0.4) is 0 Å². The molecule has 0 aliphatic heterocycles. The van der Waals surface area contributed by atoms with Crippen molar-refractivity contribution < 1.29 is 0 Å². The first-order valence-corrected chi connectivity index (χ1v) is 6.58. The smallest absolute Gasteiger partial charge is 0.0317 e. The fourth-order valence-corrected chi connectivity index (χ4v) is 2.36. The van der Waals surface area contributed by atoms with E-state index in [4.69, 9.17) is 0 Å². The number of benzene rings is 1. The lowest BCUT2D eigenvalue weighted by atomic mass is 10.0. The van der Waals surface area contributed by atoms with Crippen LogP contribution in [0.2, 0.25) is 0 Å². The summed E-state index contributed by atoms with van der Waals surface area (Å²) in [6, 6.07) is 11.3. The van der Waals surface area contributed by atoms with Crippen molar-refractivity contribution in [1.82, 2.24) is 5.32 Å². The first-order chi connectivity index (χ1) is 7.79. The summed E-state index contributed by atoms with van der Waals surface area (Å²) in [6.45, 7) is 5.77. The Morgan fingerprint density at radius 2 is 1.88 bits per heavy atom. The lowest BCUT2D eigenvalue weighted by molar-refractivity contribution is 0.399. The zero-order valence-corrected chi connectivity index (χ0v) is 10.5. The molecule has 88 valence electrons. The van der Waals surface area contributed by atoms with Crippen LogP contribution in [0, 0.1) is 5.41 Å². The number of hydrogen-bond donors (Lipinski definition) is 1. The molecule has 1 nitrogen and oxygen atoms in total. The molecule has 16 heavy (non-hydrogen) atoms. The summed E-state index contributed by atoms with van der Waals surface area (Å²) in [6.07, 6.45) is 5.33. The van der Waals surface area contributed by atoms with E-state index in [2.05, 4.69) is 49.5 Å². The fourth-order valence-electron chi connectivity index (χ4n) is 2.36. The maximum absolute atomic E-state index is 3.74. The van der Waals surface area contributed by atoms with E-state index in [0.29, 0.717) is 11.5 Å². The van der Waals surface area contributed by atoms with Gasteiger partial charge in [-0.25, -0.2) is 0 Å². The Kier molecular flexibility index (Phi) is 3.65. The molecule has 1 unspecified atom stereocenters. The fraction of sp³-hybridized carbons (Fsp3) is 0.600. The Hall–Kier alpha value is -0.820. The molecule has 0 saturated heterocycles. The van der Waals surface area contributed by atoms with Gasteiger partial charge in [-0.15, -0.1) is 0 Å². The van der Waals surface area contributed by atoms with Crippen molar-refractivity contribution in [2.24, 2.45) is 5.41 Å². The molecule has 1 aromatic rings. The summed E-state index contributed by atoms with van der Waals surface area (Å²) in [4.78, 5) is 0. The Labute approximate surface area is 99.3 Å². The second-order valence-electron chi connectivity index (χ2n) is 5.11. The summed E-state index contributed by atoms with van der Waals surface area (Å²) < 4.78 is 0. The topological polar surface area (TPSA) is 12.0 Å². The second kappa shape index (κ2) is 5.01.